The number of nitrogens with zero attached hydrogens (tertiary/aromatic N) is 5. The van der Waals surface area contributed by atoms with Crippen molar-refractivity contribution in [3.63, 3.8) is 0 Å². The molecular weight excluding hydrogens is 300 g/mol. The fraction of sp³-hybridized carbons (Fsp3) is 0.333. The second-order valence-corrected chi connectivity index (χ2v) is 6.00. The predicted molar refractivity (Wildman–Crippen MR) is 94.3 cm³/mol. The smallest absolute Gasteiger partial charge is 0.160 e. The van der Waals surface area contributed by atoms with Crippen molar-refractivity contribution in [1.82, 2.24) is 19.7 Å². The van der Waals surface area contributed by atoms with Crippen LogP contribution in [0.25, 0.3) is 11.0 Å². The molecule has 3 rings (SSSR count). The van der Waals surface area contributed by atoms with Gasteiger partial charge in [0, 0.05) is 18.2 Å². The largest absolute Gasteiger partial charge is 0.338 e. The number of hydrogen-bond donors (Lipinski definition) is 1. The zero-order valence-corrected chi connectivity index (χ0v) is 14.3. The summed E-state index contributed by atoms with van der Waals surface area (Å²) >= 11 is 0. The summed E-state index contributed by atoms with van der Waals surface area (Å²) in [6.07, 6.45) is 0. The number of rotatable bonds is 4. The molecule has 0 unspecified atom stereocenters. The molecule has 0 radical (unpaired) electrons. The average molecular weight is 320 g/mol. The van der Waals surface area contributed by atoms with Crippen LogP contribution in [0.5, 0.6) is 0 Å². The van der Waals surface area contributed by atoms with Gasteiger partial charge in [0.25, 0.3) is 0 Å². The number of hydrogen-bond acceptors (Lipinski definition) is 5. The molecule has 0 atom stereocenters. The molecule has 0 amide bonds. The van der Waals surface area contributed by atoms with Crippen LogP contribution < -0.4 is 5.32 Å². The second-order valence-electron chi connectivity index (χ2n) is 6.00. The first-order valence-corrected chi connectivity index (χ1v) is 8.05. The number of nitriles is 1. The Kier molecular flexibility index (Phi) is 4.17. The Morgan fingerprint density at radius 3 is 2.75 bits per heavy atom. The summed E-state index contributed by atoms with van der Waals surface area (Å²) in [5.41, 5.74) is 4.08. The summed E-state index contributed by atoms with van der Waals surface area (Å²) in [6.45, 7) is 8.89. The Morgan fingerprint density at radius 1 is 1.29 bits per heavy atom. The summed E-state index contributed by atoms with van der Waals surface area (Å²) in [4.78, 5) is 9.40. The Balaban J connectivity index is 2.19. The number of anilines is 2. The summed E-state index contributed by atoms with van der Waals surface area (Å²) in [5.74, 6) is 1.71. The van der Waals surface area contributed by atoms with Crippen LogP contribution in [0, 0.1) is 18.3 Å². The van der Waals surface area contributed by atoms with Crippen LogP contribution in [0.3, 0.4) is 0 Å². The van der Waals surface area contributed by atoms with E-state index in [4.69, 9.17) is 15.2 Å². The third kappa shape index (κ3) is 2.81. The molecule has 0 bridgehead atoms. The highest BCUT2D eigenvalue weighted by molar-refractivity contribution is 5.89. The fourth-order valence-corrected chi connectivity index (χ4v) is 2.62. The molecule has 0 aliphatic carbocycles. The Labute approximate surface area is 141 Å². The molecule has 6 heteroatoms. The lowest BCUT2D eigenvalue weighted by molar-refractivity contribution is 0.675. The van der Waals surface area contributed by atoms with Crippen molar-refractivity contribution >= 4 is 22.5 Å². The van der Waals surface area contributed by atoms with Gasteiger partial charge in [-0.25, -0.2) is 9.97 Å². The molecular formula is C18H20N6. The van der Waals surface area contributed by atoms with Gasteiger partial charge in [0.15, 0.2) is 5.82 Å². The second kappa shape index (κ2) is 6.28. The van der Waals surface area contributed by atoms with Gasteiger partial charge in [0.1, 0.15) is 16.9 Å². The average Bonchev–Trinajstić information content (AvgIpc) is 2.91. The van der Waals surface area contributed by atoms with Gasteiger partial charge in [-0.05, 0) is 32.0 Å². The van der Waals surface area contributed by atoms with Gasteiger partial charge in [-0.2, -0.15) is 10.4 Å². The lowest BCUT2D eigenvalue weighted by atomic mass is 10.2. The lowest BCUT2D eigenvalue weighted by Gasteiger charge is -2.12. The quantitative estimate of drug-likeness (QED) is 0.789. The number of benzene rings is 1. The fourth-order valence-electron chi connectivity index (χ4n) is 2.62. The zero-order chi connectivity index (χ0) is 17.3. The van der Waals surface area contributed by atoms with Crippen LogP contribution in [-0.2, 0) is 6.54 Å². The van der Waals surface area contributed by atoms with Crippen molar-refractivity contribution in [2.45, 2.75) is 40.2 Å². The van der Waals surface area contributed by atoms with Gasteiger partial charge >= 0.3 is 0 Å². The minimum atomic E-state index is 0.213. The van der Waals surface area contributed by atoms with E-state index in [1.165, 1.54) is 0 Å². The van der Waals surface area contributed by atoms with Crippen molar-refractivity contribution in [3.05, 3.63) is 41.3 Å². The number of aryl methyl sites for hydroxylation is 2. The first kappa shape index (κ1) is 15.9. The molecule has 0 spiro atoms. The first-order valence-electron chi connectivity index (χ1n) is 8.05. The van der Waals surface area contributed by atoms with Gasteiger partial charge in [0.2, 0.25) is 0 Å². The van der Waals surface area contributed by atoms with Crippen molar-refractivity contribution in [2.75, 3.05) is 5.32 Å². The van der Waals surface area contributed by atoms with E-state index in [0.29, 0.717) is 5.56 Å². The number of fused-ring (bicyclic) bond motifs is 1. The highest BCUT2D eigenvalue weighted by atomic mass is 15.3. The molecule has 122 valence electrons. The van der Waals surface area contributed by atoms with E-state index in [1.807, 2.05) is 36.7 Å². The van der Waals surface area contributed by atoms with Crippen LogP contribution in [-0.4, -0.2) is 19.7 Å². The standard InChI is InChI=1S/C18H20N6/c1-5-24-16-15(12(4)23-24)21-17(11(2)3)22-18(16)20-14-8-6-7-13(9-14)10-19/h6-9,11H,5H2,1-4H3,(H,20,21,22). The van der Waals surface area contributed by atoms with Crippen molar-refractivity contribution < 1.29 is 0 Å². The highest BCUT2D eigenvalue weighted by Crippen LogP contribution is 2.28. The van der Waals surface area contributed by atoms with Gasteiger partial charge in [0.05, 0.1) is 17.3 Å². The molecule has 2 aromatic heterocycles. The summed E-state index contributed by atoms with van der Waals surface area (Å²) in [5, 5.41) is 17.0. The molecule has 0 aliphatic heterocycles. The predicted octanol–water partition coefficient (Wildman–Crippen LogP) is 3.89. The van der Waals surface area contributed by atoms with Crippen LogP contribution in [0.2, 0.25) is 0 Å². The maximum absolute atomic E-state index is 9.08. The Morgan fingerprint density at radius 2 is 2.08 bits per heavy atom. The van der Waals surface area contributed by atoms with E-state index >= 15 is 0 Å². The summed E-state index contributed by atoms with van der Waals surface area (Å²) in [7, 11) is 0. The molecule has 0 fully saturated rings. The molecule has 6 nitrogen and oxygen atoms in total. The monoisotopic (exact) mass is 320 g/mol. The minimum absolute atomic E-state index is 0.213. The van der Waals surface area contributed by atoms with E-state index in [9.17, 15) is 0 Å². The van der Waals surface area contributed by atoms with Crippen LogP contribution in [0.4, 0.5) is 11.5 Å². The third-order valence-corrected chi connectivity index (χ3v) is 3.84. The van der Waals surface area contributed by atoms with E-state index in [0.717, 1.165) is 40.6 Å². The van der Waals surface area contributed by atoms with Crippen molar-refractivity contribution in [1.29, 1.82) is 5.26 Å². The maximum atomic E-state index is 9.08. The number of aromatic nitrogens is 4. The van der Waals surface area contributed by atoms with Gasteiger partial charge in [-0.1, -0.05) is 19.9 Å². The topological polar surface area (TPSA) is 79.4 Å². The van der Waals surface area contributed by atoms with Gasteiger partial charge in [-0.15, -0.1) is 0 Å². The minimum Gasteiger partial charge on any atom is -0.338 e. The Hall–Kier alpha value is -2.94. The first-order chi connectivity index (χ1) is 11.5. The van der Waals surface area contributed by atoms with Crippen LogP contribution in [0.15, 0.2) is 24.3 Å². The molecule has 24 heavy (non-hydrogen) atoms. The Bertz CT molecular complexity index is 933. The molecule has 1 aromatic carbocycles. The molecule has 3 aromatic rings. The van der Waals surface area contributed by atoms with Crippen LogP contribution >= 0.6 is 0 Å². The van der Waals surface area contributed by atoms with E-state index in [2.05, 4.69) is 30.3 Å². The van der Waals surface area contributed by atoms with Crippen molar-refractivity contribution in [3.8, 4) is 6.07 Å². The summed E-state index contributed by atoms with van der Waals surface area (Å²) in [6, 6.07) is 9.51. The van der Waals surface area contributed by atoms with E-state index in [1.54, 1.807) is 6.07 Å². The van der Waals surface area contributed by atoms with Gasteiger partial charge < -0.3 is 5.32 Å². The van der Waals surface area contributed by atoms with Crippen molar-refractivity contribution in [2.24, 2.45) is 0 Å². The zero-order valence-electron chi connectivity index (χ0n) is 14.3. The third-order valence-electron chi connectivity index (χ3n) is 3.84. The normalized spacial score (nSPS) is 11.0. The molecule has 2 heterocycles. The summed E-state index contributed by atoms with van der Waals surface area (Å²) < 4.78 is 1.91. The molecule has 0 aliphatic rings. The van der Waals surface area contributed by atoms with Crippen LogP contribution in [0.1, 0.15) is 43.8 Å². The molecule has 0 saturated carbocycles. The van der Waals surface area contributed by atoms with E-state index < -0.39 is 0 Å². The molecule has 1 N–H and O–H groups in total. The number of nitrogens with one attached hydrogen (secondary N) is 1. The van der Waals surface area contributed by atoms with Gasteiger partial charge in [-0.3, -0.25) is 4.68 Å². The lowest BCUT2D eigenvalue weighted by Crippen LogP contribution is -2.06. The van der Waals surface area contributed by atoms with E-state index in [-0.39, 0.29) is 5.92 Å². The highest BCUT2D eigenvalue weighted by Gasteiger charge is 2.17. The maximum Gasteiger partial charge on any atom is 0.160 e. The SMILES string of the molecule is CCn1nc(C)c2nc(C(C)C)nc(Nc3cccc(C#N)c3)c21. The molecule has 0 saturated heterocycles.